The minimum absolute atomic E-state index is 0. The fraction of sp³-hybridized carbons (Fsp3) is 0.929. The summed E-state index contributed by atoms with van der Waals surface area (Å²) >= 11 is 0. The van der Waals surface area contributed by atoms with Crippen LogP contribution in [-0.4, -0.2) is 67.8 Å². The van der Waals surface area contributed by atoms with Crippen molar-refractivity contribution in [2.75, 3.05) is 0 Å². The summed E-state index contributed by atoms with van der Waals surface area (Å²) in [6, 6.07) is 0. The van der Waals surface area contributed by atoms with Crippen molar-refractivity contribution in [3.63, 3.8) is 0 Å². The van der Waals surface area contributed by atoms with Gasteiger partial charge in [0.25, 0.3) is 0 Å². The second kappa shape index (κ2) is 16.0. The summed E-state index contributed by atoms with van der Waals surface area (Å²) in [7, 11) is 0. The van der Waals surface area contributed by atoms with Gasteiger partial charge in [-0.15, -0.1) is 0 Å². The van der Waals surface area contributed by atoms with E-state index in [1.54, 1.807) is 0 Å². The van der Waals surface area contributed by atoms with Gasteiger partial charge in [0.1, 0.15) is 0 Å². The maximum atomic E-state index is 10.3. The second-order valence-electron chi connectivity index (χ2n) is 4.82. The standard InChI is InChI=1S/C14H28O3.Sr.2H/c1-2-3-4-5-6-7-8-9-10-11-12-13(15)14(16)17;;;/h13,15H,2-12H2,1H3,(H,16,17);;;/q;+2;2*-1. The largest absolute Gasteiger partial charge is 2.00 e. The normalized spacial score (nSPS) is 11.9. The number of unbranched alkanes of at least 4 members (excludes halogenated alkanes) is 9. The molecule has 0 saturated heterocycles. The maximum absolute atomic E-state index is 10.3. The molecule has 0 aliphatic carbocycles. The first-order chi connectivity index (χ1) is 8.18. The molecule has 4 heteroatoms. The molecule has 0 fully saturated rings. The van der Waals surface area contributed by atoms with Crippen LogP contribution in [0.25, 0.3) is 0 Å². The molecule has 0 rings (SSSR count). The fourth-order valence-electron chi connectivity index (χ4n) is 1.95. The molecule has 106 valence electrons. The predicted molar refractivity (Wildman–Crippen MR) is 78.1 cm³/mol. The summed E-state index contributed by atoms with van der Waals surface area (Å²) in [4.78, 5) is 10.3. The molecule has 2 N–H and O–H groups in total. The van der Waals surface area contributed by atoms with Crippen molar-refractivity contribution in [2.24, 2.45) is 0 Å². The molecule has 0 aromatic rings. The number of rotatable bonds is 12. The van der Waals surface area contributed by atoms with Gasteiger partial charge in [-0.3, -0.25) is 0 Å². The zero-order valence-corrected chi connectivity index (χ0v) is 15.3. The van der Waals surface area contributed by atoms with Crippen molar-refractivity contribution in [3.05, 3.63) is 0 Å². The zero-order chi connectivity index (χ0) is 12.9. The van der Waals surface area contributed by atoms with Gasteiger partial charge in [-0.2, -0.15) is 0 Å². The van der Waals surface area contributed by atoms with E-state index in [2.05, 4.69) is 6.92 Å². The van der Waals surface area contributed by atoms with Crippen LogP contribution in [0.15, 0.2) is 0 Å². The van der Waals surface area contributed by atoms with E-state index in [1.165, 1.54) is 51.4 Å². The van der Waals surface area contributed by atoms with Crippen LogP contribution in [0.4, 0.5) is 0 Å². The van der Waals surface area contributed by atoms with E-state index in [-0.39, 0.29) is 48.3 Å². The minimum atomic E-state index is -1.16. The maximum Gasteiger partial charge on any atom is 2.00 e. The van der Waals surface area contributed by atoms with Crippen molar-refractivity contribution < 1.29 is 17.9 Å². The van der Waals surface area contributed by atoms with Crippen LogP contribution >= 0.6 is 0 Å². The molecule has 1 unspecified atom stereocenters. The van der Waals surface area contributed by atoms with Crippen molar-refractivity contribution in [2.45, 2.75) is 83.7 Å². The molecule has 0 aliphatic heterocycles. The van der Waals surface area contributed by atoms with Crippen LogP contribution in [-0.2, 0) is 4.79 Å². The number of carboxylic acid groups (broad SMARTS) is 1. The van der Waals surface area contributed by atoms with Crippen LogP contribution in [0.3, 0.4) is 0 Å². The molecule has 3 nitrogen and oxygen atoms in total. The van der Waals surface area contributed by atoms with E-state index < -0.39 is 12.1 Å². The number of carbonyl (C=O) groups is 1. The fourth-order valence-corrected chi connectivity index (χ4v) is 1.95. The zero-order valence-electron chi connectivity index (χ0n) is 13.9. The Balaban J connectivity index is -0.000000427. The number of aliphatic hydroxyl groups is 1. The molecular formula is C14H30O3Sr. The van der Waals surface area contributed by atoms with Gasteiger partial charge >= 0.3 is 51.5 Å². The third kappa shape index (κ3) is 15.0. The number of hydrogen-bond acceptors (Lipinski definition) is 2. The molecule has 0 aliphatic rings. The second-order valence-corrected chi connectivity index (χ2v) is 4.82. The van der Waals surface area contributed by atoms with Gasteiger partial charge in [0.2, 0.25) is 0 Å². The Morgan fingerprint density at radius 3 is 1.72 bits per heavy atom. The first-order valence-electron chi connectivity index (χ1n) is 7.09. The Hall–Kier alpha value is 0.911. The van der Waals surface area contributed by atoms with Crippen molar-refractivity contribution in [3.8, 4) is 0 Å². The molecule has 0 saturated carbocycles. The van der Waals surface area contributed by atoms with E-state index in [0.717, 1.165) is 12.8 Å². The van der Waals surface area contributed by atoms with Gasteiger partial charge < -0.3 is 13.1 Å². The smallest absolute Gasteiger partial charge is 1.00 e. The molecule has 0 bridgehead atoms. The molecule has 0 heterocycles. The van der Waals surface area contributed by atoms with Crippen molar-refractivity contribution >= 4 is 51.5 Å². The molecule has 0 amide bonds. The van der Waals surface area contributed by atoms with Crippen LogP contribution in [0.2, 0.25) is 0 Å². The van der Waals surface area contributed by atoms with Gasteiger partial charge in [0.15, 0.2) is 6.10 Å². The summed E-state index contributed by atoms with van der Waals surface area (Å²) in [5.74, 6) is -1.10. The van der Waals surface area contributed by atoms with Crippen LogP contribution in [0.5, 0.6) is 0 Å². The number of carboxylic acids is 1. The third-order valence-corrected chi connectivity index (χ3v) is 3.12. The van der Waals surface area contributed by atoms with E-state index in [9.17, 15) is 4.79 Å². The van der Waals surface area contributed by atoms with Gasteiger partial charge in [-0.05, 0) is 6.42 Å². The first kappa shape index (κ1) is 21.2. The Labute approximate surface area is 152 Å². The van der Waals surface area contributed by atoms with E-state index in [4.69, 9.17) is 10.2 Å². The Morgan fingerprint density at radius 1 is 0.944 bits per heavy atom. The molecule has 0 radical (unpaired) electrons. The summed E-state index contributed by atoms with van der Waals surface area (Å²) < 4.78 is 0. The predicted octanol–water partition coefficient (Wildman–Crippen LogP) is 3.59. The number of aliphatic carboxylic acids is 1. The summed E-state index contributed by atoms with van der Waals surface area (Å²) in [6.45, 7) is 2.23. The topological polar surface area (TPSA) is 57.5 Å². The summed E-state index contributed by atoms with van der Waals surface area (Å²) in [5.41, 5.74) is 0. The quantitative estimate of drug-likeness (QED) is 0.424. The van der Waals surface area contributed by atoms with Crippen LogP contribution in [0, 0.1) is 0 Å². The monoisotopic (exact) mass is 334 g/mol. The summed E-state index contributed by atoms with van der Waals surface area (Å²) in [5, 5.41) is 17.5. The van der Waals surface area contributed by atoms with Gasteiger partial charge in [0, 0.05) is 0 Å². The molecule has 0 spiro atoms. The SMILES string of the molecule is CCCCCCCCCCCCC(O)C(=O)O.[H-].[H-].[Sr+2]. The average molecular weight is 334 g/mol. The Morgan fingerprint density at radius 2 is 1.33 bits per heavy atom. The average Bonchev–Trinajstić information content (AvgIpc) is 2.31. The molecule has 18 heavy (non-hydrogen) atoms. The molecule has 0 aromatic carbocycles. The van der Waals surface area contributed by atoms with Gasteiger partial charge in [-0.1, -0.05) is 71.1 Å². The van der Waals surface area contributed by atoms with Gasteiger partial charge in [-0.25, -0.2) is 4.79 Å². The minimum Gasteiger partial charge on any atom is -1.00 e. The van der Waals surface area contributed by atoms with Crippen LogP contribution in [0.1, 0.15) is 80.4 Å². The first-order valence-corrected chi connectivity index (χ1v) is 7.09. The van der Waals surface area contributed by atoms with E-state index >= 15 is 0 Å². The Kier molecular flexibility index (Phi) is 18.8. The van der Waals surface area contributed by atoms with Crippen molar-refractivity contribution in [1.29, 1.82) is 0 Å². The number of hydrogen-bond donors (Lipinski definition) is 2. The van der Waals surface area contributed by atoms with E-state index in [1.807, 2.05) is 0 Å². The van der Waals surface area contributed by atoms with E-state index in [0.29, 0.717) is 6.42 Å². The number of aliphatic hydroxyl groups excluding tert-OH is 1. The Bertz CT molecular complexity index is 195. The van der Waals surface area contributed by atoms with Crippen LogP contribution < -0.4 is 0 Å². The molecule has 1 atom stereocenters. The van der Waals surface area contributed by atoms with Crippen molar-refractivity contribution in [1.82, 2.24) is 0 Å². The third-order valence-electron chi connectivity index (χ3n) is 3.12. The summed E-state index contributed by atoms with van der Waals surface area (Å²) in [6.07, 6.45) is 11.5. The molecule has 0 aromatic heterocycles. The van der Waals surface area contributed by atoms with Gasteiger partial charge in [0.05, 0.1) is 0 Å². The molecular weight excluding hydrogens is 304 g/mol.